The SMILES string of the molecule is Cc1cc(C)cc(N(CC(=O)NCCCOC(C)C)S(C)(=O)=O)c1. The molecule has 7 heteroatoms. The Hall–Kier alpha value is -1.60. The molecule has 24 heavy (non-hydrogen) atoms. The third-order valence-corrected chi connectivity index (χ3v) is 4.42. The van der Waals surface area contributed by atoms with Gasteiger partial charge in [0.1, 0.15) is 6.54 Å². The van der Waals surface area contributed by atoms with Gasteiger partial charge in [0.15, 0.2) is 0 Å². The molecule has 0 saturated carbocycles. The van der Waals surface area contributed by atoms with Crippen LogP contribution in [-0.4, -0.2) is 46.4 Å². The Kier molecular flexibility index (Phi) is 7.69. The van der Waals surface area contributed by atoms with Crippen LogP contribution in [0.25, 0.3) is 0 Å². The van der Waals surface area contributed by atoms with Gasteiger partial charge in [0.05, 0.1) is 18.0 Å². The maximum absolute atomic E-state index is 12.1. The molecule has 0 unspecified atom stereocenters. The molecule has 0 radical (unpaired) electrons. The number of rotatable bonds is 9. The summed E-state index contributed by atoms with van der Waals surface area (Å²) in [5.41, 5.74) is 2.41. The number of benzene rings is 1. The molecule has 0 aliphatic rings. The van der Waals surface area contributed by atoms with E-state index in [4.69, 9.17) is 4.74 Å². The first-order chi connectivity index (χ1) is 11.1. The normalized spacial score (nSPS) is 11.6. The highest BCUT2D eigenvalue weighted by Gasteiger charge is 2.21. The van der Waals surface area contributed by atoms with Crippen molar-refractivity contribution in [2.24, 2.45) is 0 Å². The smallest absolute Gasteiger partial charge is 0.240 e. The Morgan fingerprint density at radius 1 is 1.21 bits per heavy atom. The first-order valence-corrected chi connectivity index (χ1v) is 9.88. The van der Waals surface area contributed by atoms with Gasteiger partial charge in [-0.3, -0.25) is 9.10 Å². The molecule has 0 aliphatic carbocycles. The summed E-state index contributed by atoms with van der Waals surface area (Å²) in [7, 11) is -3.55. The van der Waals surface area contributed by atoms with Crippen LogP contribution in [0.1, 0.15) is 31.4 Å². The lowest BCUT2D eigenvalue weighted by Gasteiger charge is -2.22. The van der Waals surface area contributed by atoms with Crippen LogP contribution in [0.4, 0.5) is 5.69 Å². The van der Waals surface area contributed by atoms with Crippen molar-refractivity contribution in [2.45, 2.75) is 40.2 Å². The van der Waals surface area contributed by atoms with Crippen molar-refractivity contribution < 1.29 is 17.9 Å². The molecule has 1 rings (SSSR count). The highest BCUT2D eigenvalue weighted by atomic mass is 32.2. The minimum Gasteiger partial charge on any atom is -0.379 e. The third kappa shape index (κ3) is 7.31. The third-order valence-electron chi connectivity index (χ3n) is 3.28. The van der Waals surface area contributed by atoms with Crippen molar-refractivity contribution in [3.8, 4) is 0 Å². The molecule has 1 N–H and O–H groups in total. The molecular weight excluding hydrogens is 328 g/mol. The molecule has 1 aromatic rings. The van der Waals surface area contributed by atoms with Crippen LogP contribution in [0, 0.1) is 13.8 Å². The summed E-state index contributed by atoms with van der Waals surface area (Å²) in [5.74, 6) is -0.330. The van der Waals surface area contributed by atoms with Crippen molar-refractivity contribution >= 4 is 21.6 Å². The number of nitrogens with zero attached hydrogens (tertiary/aromatic N) is 1. The Labute approximate surface area is 145 Å². The largest absolute Gasteiger partial charge is 0.379 e. The van der Waals surface area contributed by atoms with E-state index >= 15 is 0 Å². The highest BCUT2D eigenvalue weighted by Crippen LogP contribution is 2.21. The van der Waals surface area contributed by atoms with Crippen molar-refractivity contribution in [1.82, 2.24) is 5.32 Å². The number of carbonyl (C=O) groups excluding carboxylic acids is 1. The van der Waals surface area contributed by atoms with E-state index < -0.39 is 10.0 Å². The molecule has 6 nitrogen and oxygen atoms in total. The summed E-state index contributed by atoms with van der Waals surface area (Å²) in [6.07, 6.45) is 1.95. The second-order valence-electron chi connectivity index (χ2n) is 6.24. The lowest BCUT2D eigenvalue weighted by Crippen LogP contribution is -2.40. The predicted molar refractivity (Wildman–Crippen MR) is 96.8 cm³/mol. The Bertz CT molecular complexity index is 636. The summed E-state index contributed by atoms with van der Waals surface area (Å²) in [5, 5.41) is 2.73. The quantitative estimate of drug-likeness (QED) is 0.687. The lowest BCUT2D eigenvalue weighted by atomic mass is 10.1. The van der Waals surface area contributed by atoms with Gasteiger partial charge >= 0.3 is 0 Å². The minimum atomic E-state index is -3.55. The summed E-state index contributed by atoms with van der Waals surface area (Å²) < 4.78 is 30.7. The Morgan fingerprint density at radius 2 is 1.79 bits per heavy atom. The van der Waals surface area contributed by atoms with Crippen LogP contribution in [0.5, 0.6) is 0 Å². The molecular formula is C17H28N2O4S. The number of nitrogens with one attached hydrogen (secondary N) is 1. The van der Waals surface area contributed by atoms with E-state index in [1.807, 2.05) is 33.8 Å². The van der Waals surface area contributed by atoms with Crippen molar-refractivity contribution in [2.75, 3.05) is 30.3 Å². The number of aryl methyl sites for hydroxylation is 2. The number of ether oxygens (including phenoxy) is 1. The van der Waals surface area contributed by atoms with Crippen LogP contribution in [0.2, 0.25) is 0 Å². The fourth-order valence-corrected chi connectivity index (χ4v) is 3.14. The van der Waals surface area contributed by atoms with Gasteiger partial charge in [0, 0.05) is 13.2 Å². The van der Waals surface area contributed by atoms with Crippen molar-refractivity contribution in [3.05, 3.63) is 29.3 Å². The second-order valence-corrected chi connectivity index (χ2v) is 8.15. The summed E-state index contributed by atoms with van der Waals surface area (Å²) in [6.45, 7) is 8.48. The molecule has 0 atom stereocenters. The average Bonchev–Trinajstić information content (AvgIpc) is 2.41. The summed E-state index contributed by atoms with van der Waals surface area (Å²) >= 11 is 0. The Morgan fingerprint density at radius 3 is 2.29 bits per heavy atom. The molecule has 0 saturated heterocycles. The van der Waals surface area contributed by atoms with E-state index in [0.717, 1.165) is 21.7 Å². The second kappa shape index (κ2) is 9.03. The van der Waals surface area contributed by atoms with Gasteiger partial charge in [0.2, 0.25) is 15.9 Å². The van der Waals surface area contributed by atoms with E-state index in [0.29, 0.717) is 25.3 Å². The van der Waals surface area contributed by atoms with Crippen LogP contribution in [0.15, 0.2) is 18.2 Å². The zero-order valence-corrected chi connectivity index (χ0v) is 15.9. The van der Waals surface area contributed by atoms with Crippen LogP contribution < -0.4 is 9.62 Å². The number of hydrogen-bond donors (Lipinski definition) is 1. The van der Waals surface area contributed by atoms with Gasteiger partial charge in [-0.15, -0.1) is 0 Å². The molecule has 1 aromatic carbocycles. The van der Waals surface area contributed by atoms with Gasteiger partial charge in [0.25, 0.3) is 0 Å². The maximum atomic E-state index is 12.1. The molecule has 0 fully saturated rings. The Balaban J connectivity index is 2.69. The van der Waals surface area contributed by atoms with Gasteiger partial charge in [-0.1, -0.05) is 6.07 Å². The molecule has 0 aliphatic heterocycles. The maximum Gasteiger partial charge on any atom is 0.240 e. The van der Waals surface area contributed by atoms with Crippen LogP contribution in [0.3, 0.4) is 0 Å². The monoisotopic (exact) mass is 356 g/mol. The molecule has 136 valence electrons. The number of hydrogen-bond acceptors (Lipinski definition) is 4. The van der Waals surface area contributed by atoms with Gasteiger partial charge in [-0.05, 0) is 57.4 Å². The zero-order chi connectivity index (χ0) is 18.3. The lowest BCUT2D eigenvalue weighted by molar-refractivity contribution is -0.119. The first-order valence-electron chi connectivity index (χ1n) is 8.04. The number of amides is 1. The minimum absolute atomic E-state index is 0.158. The zero-order valence-electron chi connectivity index (χ0n) is 15.1. The average molecular weight is 356 g/mol. The van der Waals surface area contributed by atoms with E-state index in [9.17, 15) is 13.2 Å². The fraction of sp³-hybridized carbons (Fsp3) is 0.588. The molecule has 1 amide bonds. The number of carbonyl (C=O) groups is 1. The number of anilines is 1. The molecule has 0 spiro atoms. The summed E-state index contributed by atoms with van der Waals surface area (Å²) in [6, 6.07) is 5.48. The van der Waals surface area contributed by atoms with Gasteiger partial charge in [-0.2, -0.15) is 0 Å². The standard InChI is InChI=1S/C17H28N2O4S/c1-13(2)23-8-6-7-18-17(20)12-19(24(5,21)22)16-10-14(3)9-15(4)11-16/h9-11,13H,6-8,12H2,1-5H3,(H,18,20). The van der Waals surface area contributed by atoms with E-state index in [1.165, 1.54) is 0 Å². The van der Waals surface area contributed by atoms with Crippen LogP contribution >= 0.6 is 0 Å². The van der Waals surface area contributed by atoms with Crippen molar-refractivity contribution in [3.63, 3.8) is 0 Å². The number of sulfonamides is 1. The molecule has 0 bridgehead atoms. The first kappa shape index (κ1) is 20.4. The van der Waals surface area contributed by atoms with Crippen molar-refractivity contribution in [1.29, 1.82) is 0 Å². The van der Waals surface area contributed by atoms with Gasteiger partial charge in [-0.25, -0.2) is 8.42 Å². The van der Waals surface area contributed by atoms with Gasteiger partial charge < -0.3 is 10.1 Å². The van der Waals surface area contributed by atoms with Crippen LogP contribution in [-0.2, 0) is 19.6 Å². The topological polar surface area (TPSA) is 75.7 Å². The van der Waals surface area contributed by atoms with E-state index in [1.54, 1.807) is 12.1 Å². The fourth-order valence-electron chi connectivity index (χ4n) is 2.30. The molecule has 0 aromatic heterocycles. The predicted octanol–water partition coefficient (Wildman–Crippen LogP) is 2.00. The van der Waals surface area contributed by atoms with E-state index in [-0.39, 0.29) is 18.6 Å². The summed E-state index contributed by atoms with van der Waals surface area (Å²) in [4.78, 5) is 12.1. The molecule has 0 heterocycles. The highest BCUT2D eigenvalue weighted by molar-refractivity contribution is 7.92. The van der Waals surface area contributed by atoms with E-state index in [2.05, 4.69) is 5.32 Å².